The number of anilines is 1. The third-order valence-electron chi connectivity index (χ3n) is 3.15. The lowest BCUT2D eigenvalue weighted by atomic mass is 9.95. The van der Waals surface area contributed by atoms with E-state index in [2.05, 4.69) is 20.8 Å². The van der Waals surface area contributed by atoms with Crippen molar-refractivity contribution in [1.29, 1.82) is 0 Å². The SMILES string of the molecule is CCC(C)(CCO)NC(=O)Nc1nnc(C(C)(C)C)s1. The van der Waals surface area contributed by atoms with Crippen molar-refractivity contribution in [1.82, 2.24) is 15.5 Å². The standard InChI is InChI=1S/C13H24N4O2S/c1-6-13(5,7-8-18)15-10(19)14-11-17-16-9(20-11)12(2,3)4/h18H,6-8H2,1-5H3,(H2,14,15,17,19). The number of nitrogens with one attached hydrogen (secondary N) is 2. The van der Waals surface area contributed by atoms with E-state index < -0.39 is 5.54 Å². The molecule has 0 saturated heterocycles. The van der Waals surface area contributed by atoms with Gasteiger partial charge in [0.2, 0.25) is 5.13 Å². The lowest BCUT2D eigenvalue weighted by molar-refractivity contribution is 0.208. The fourth-order valence-corrected chi connectivity index (χ4v) is 2.35. The summed E-state index contributed by atoms with van der Waals surface area (Å²) in [7, 11) is 0. The number of aliphatic hydroxyl groups excluding tert-OH is 1. The van der Waals surface area contributed by atoms with Crippen molar-refractivity contribution < 1.29 is 9.90 Å². The Bertz CT molecular complexity index is 455. The van der Waals surface area contributed by atoms with E-state index in [1.807, 2.05) is 34.6 Å². The van der Waals surface area contributed by atoms with E-state index in [0.717, 1.165) is 11.4 Å². The van der Waals surface area contributed by atoms with Crippen LogP contribution in [0.15, 0.2) is 0 Å². The van der Waals surface area contributed by atoms with Gasteiger partial charge in [-0.3, -0.25) is 5.32 Å². The summed E-state index contributed by atoms with van der Waals surface area (Å²) < 4.78 is 0. The van der Waals surface area contributed by atoms with Gasteiger partial charge in [-0.15, -0.1) is 10.2 Å². The zero-order chi connectivity index (χ0) is 15.4. The number of carbonyl (C=O) groups is 1. The zero-order valence-electron chi connectivity index (χ0n) is 12.8. The number of carbonyl (C=O) groups excluding carboxylic acids is 1. The molecule has 0 aromatic carbocycles. The van der Waals surface area contributed by atoms with Crippen LogP contribution in [0.4, 0.5) is 9.93 Å². The van der Waals surface area contributed by atoms with Crippen LogP contribution in [0, 0.1) is 0 Å². The van der Waals surface area contributed by atoms with Crippen LogP contribution in [-0.2, 0) is 5.41 Å². The van der Waals surface area contributed by atoms with Crippen molar-refractivity contribution in [3.8, 4) is 0 Å². The Kier molecular flexibility index (Phi) is 5.47. The van der Waals surface area contributed by atoms with Gasteiger partial charge in [0.1, 0.15) is 5.01 Å². The molecule has 20 heavy (non-hydrogen) atoms. The first-order chi connectivity index (χ1) is 9.20. The fourth-order valence-electron chi connectivity index (χ4n) is 1.55. The summed E-state index contributed by atoms with van der Waals surface area (Å²) in [6.07, 6.45) is 1.25. The molecule has 1 unspecified atom stereocenters. The van der Waals surface area contributed by atoms with E-state index in [1.54, 1.807) is 0 Å². The molecule has 1 heterocycles. The molecule has 3 N–H and O–H groups in total. The average molecular weight is 300 g/mol. The van der Waals surface area contributed by atoms with Crippen LogP contribution in [-0.4, -0.2) is 33.5 Å². The molecule has 0 spiro atoms. The first-order valence-corrected chi connectivity index (χ1v) is 7.56. The van der Waals surface area contributed by atoms with Gasteiger partial charge in [0, 0.05) is 17.6 Å². The first-order valence-electron chi connectivity index (χ1n) is 6.74. The van der Waals surface area contributed by atoms with Crippen molar-refractivity contribution in [2.24, 2.45) is 0 Å². The Morgan fingerprint density at radius 3 is 2.40 bits per heavy atom. The van der Waals surface area contributed by atoms with Gasteiger partial charge < -0.3 is 10.4 Å². The van der Waals surface area contributed by atoms with Crippen LogP contribution in [0.5, 0.6) is 0 Å². The molecule has 1 aromatic rings. The quantitative estimate of drug-likeness (QED) is 0.779. The maximum absolute atomic E-state index is 12.0. The molecule has 0 aliphatic heterocycles. The molecule has 1 rings (SSSR count). The number of rotatable bonds is 5. The highest BCUT2D eigenvalue weighted by molar-refractivity contribution is 7.15. The molecular weight excluding hydrogens is 276 g/mol. The minimum absolute atomic E-state index is 0.0393. The van der Waals surface area contributed by atoms with Crippen LogP contribution >= 0.6 is 11.3 Å². The van der Waals surface area contributed by atoms with E-state index in [-0.39, 0.29) is 18.1 Å². The Hall–Kier alpha value is -1.21. The molecule has 6 nitrogen and oxygen atoms in total. The van der Waals surface area contributed by atoms with Crippen LogP contribution in [0.1, 0.15) is 52.5 Å². The van der Waals surface area contributed by atoms with E-state index in [9.17, 15) is 4.79 Å². The Morgan fingerprint density at radius 1 is 1.30 bits per heavy atom. The van der Waals surface area contributed by atoms with Crippen molar-refractivity contribution in [2.45, 2.75) is 58.4 Å². The molecule has 1 atom stereocenters. The van der Waals surface area contributed by atoms with Crippen molar-refractivity contribution in [2.75, 3.05) is 11.9 Å². The highest BCUT2D eigenvalue weighted by Crippen LogP contribution is 2.27. The van der Waals surface area contributed by atoms with E-state index >= 15 is 0 Å². The van der Waals surface area contributed by atoms with Gasteiger partial charge in [-0.05, 0) is 19.8 Å². The number of hydrogen-bond donors (Lipinski definition) is 3. The largest absolute Gasteiger partial charge is 0.396 e. The Balaban J connectivity index is 2.65. The number of hydrogen-bond acceptors (Lipinski definition) is 5. The van der Waals surface area contributed by atoms with E-state index in [1.165, 1.54) is 11.3 Å². The smallest absolute Gasteiger partial charge is 0.321 e. The van der Waals surface area contributed by atoms with Crippen LogP contribution in [0.25, 0.3) is 0 Å². The summed E-state index contributed by atoms with van der Waals surface area (Å²) in [4.78, 5) is 12.0. The zero-order valence-corrected chi connectivity index (χ0v) is 13.6. The van der Waals surface area contributed by atoms with Gasteiger partial charge in [-0.2, -0.15) is 0 Å². The van der Waals surface area contributed by atoms with Crippen molar-refractivity contribution in [3.63, 3.8) is 0 Å². The summed E-state index contributed by atoms with van der Waals surface area (Å²) >= 11 is 1.37. The normalized spacial score (nSPS) is 14.7. The lowest BCUT2D eigenvalue weighted by Gasteiger charge is -2.28. The lowest BCUT2D eigenvalue weighted by Crippen LogP contribution is -2.48. The monoisotopic (exact) mass is 300 g/mol. The fraction of sp³-hybridized carbons (Fsp3) is 0.769. The van der Waals surface area contributed by atoms with Gasteiger partial charge in [0.15, 0.2) is 0 Å². The second kappa shape index (κ2) is 6.49. The molecule has 0 aliphatic rings. The maximum atomic E-state index is 12.0. The molecule has 2 amide bonds. The molecule has 1 aromatic heterocycles. The molecule has 7 heteroatoms. The minimum atomic E-state index is -0.420. The number of aliphatic hydroxyl groups is 1. The molecule has 0 saturated carbocycles. The number of aromatic nitrogens is 2. The van der Waals surface area contributed by atoms with E-state index in [0.29, 0.717) is 11.6 Å². The number of urea groups is 1. The third-order valence-corrected chi connectivity index (χ3v) is 4.41. The molecule has 0 fully saturated rings. The minimum Gasteiger partial charge on any atom is -0.396 e. The summed E-state index contributed by atoms with van der Waals surface area (Å²) in [6, 6.07) is -0.320. The average Bonchev–Trinajstić information content (AvgIpc) is 2.77. The van der Waals surface area contributed by atoms with Crippen molar-refractivity contribution >= 4 is 22.5 Å². The van der Waals surface area contributed by atoms with Crippen LogP contribution < -0.4 is 10.6 Å². The topological polar surface area (TPSA) is 87.1 Å². The maximum Gasteiger partial charge on any atom is 0.321 e. The second-order valence-electron chi connectivity index (χ2n) is 6.13. The predicted molar refractivity (Wildman–Crippen MR) is 81.2 cm³/mol. The van der Waals surface area contributed by atoms with Gasteiger partial charge in [0.05, 0.1) is 0 Å². The summed E-state index contributed by atoms with van der Waals surface area (Å²) in [6.45, 7) is 10.1. The molecule has 0 bridgehead atoms. The van der Waals surface area contributed by atoms with Crippen molar-refractivity contribution in [3.05, 3.63) is 5.01 Å². The molecular formula is C13H24N4O2S. The van der Waals surface area contributed by atoms with Gasteiger partial charge >= 0.3 is 6.03 Å². The van der Waals surface area contributed by atoms with Gasteiger partial charge in [0.25, 0.3) is 0 Å². The summed E-state index contributed by atoms with van der Waals surface area (Å²) in [5.41, 5.74) is -0.501. The molecule has 0 radical (unpaired) electrons. The highest BCUT2D eigenvalue weighted by atomic mass is 32.1. The van der Waals surface area contributed by atoms with Crippen LogP contribution in [0.2, 0.25) is 0 Å². The highest BCUT2D eigenvalue weighted by Gasteiger charge is 2.25. The third kappa shape index (κ3) is 4.72. The summed E-state index contributed by atoms with van der Waals surface area (Å²) in [5.74, 6) is 0. The molecule has 114 valence electrons. The summed E-state index contributed by atoms with van der Waals surface area (Å²) in [5, 5.41) is 24.0. The second-order valence-corrected chi connectivity index (χ2v) is 7.11. The predicted octanol–water partition coefficient (Wildman–Crippen LogP) is 2.51. The first kappa shape index (κ1) is 16.8. The Morgan fingerprint density at radius 2 is 1.95 bits per heavy atom. The van der Waals surface area contributed by atoms with Crippen LogP contribution in [0.3, 0.4) is 0 Å². The molecule has 0 aliphatic carbocycles. The Labute approximate surface area is 124 Å². The number of nitrogens with zero attached hydrogens (tertiary/aromatic N) is 2. The number of amides is 2. The van der Waals surface area contributed by atoms with E-state index in [4.69, 9.17) is 5.11 Å². The van der Waals surface area contributed by atoms with Gasteiger partial charge in [-0.1, -0.05) is 39.0 Å². The van der Waals surface area contributed by atoms with Gasteiger partial charge in [-0.25, -0.2) is 4.79 Å².